The number of aryl methyl sites for hydroxylation is 1. The molecule has 0 atom stereocenters. The number of aromatic nitrogens is 3. The summed E-state index contributed by atoms with van der Waals surface area (Å²) in [5.41, 5.74) is 7.10. The fourth-order valence-corrected chi connectivity index (χ4v) is 3.95. The van der Waals surface area contributed by atoms with Gasteiger partial charge in [0, 0.05) is 10.6 Å². The Morgan fingerprint density at radius 3 is 2.48 bits per heavy atom. The SMILES string of the molecule is Cc1occc1-c1nnc(SCC(=O)NNC(=O)c2ccc(Cl)cc2)n1Cc1ccccc1. The number of thioether (sulfide) groups is 1. The Balaban J connectivity index is 1.43. The minimum atomic E-state index is -0.435. The molecule has 0 aliphatic heterocycles. The van der Waals surface area contributed by atoms with Crippen molar-refractivity contribution < 1.29 is 14.0 Å². The molecule has 168 valence electrons. The van der Waals surface area contributed by atoms with Gasteiger partial charge in [-0.3, -0.25) is 25.0 Å². The quantitative estimate of drug-likeness (QED) is 0.304. The summed E-state index contributed by atoms with van der Waals surface area (Å²) >= 11 is 7.05. The fourth-order valence-electron chi connectivity index (χ4n) is 3.09. The lowest BCUT2D eigenvalue weighted by Crippen LogP contribution is -2.42. The molecule has 0 saturated heterocycles. The van der Waals surface area contributed by atoms with Crippen LogP contribution in [0.4, 0.5) is 0 Å². The Bertz CT molecular complexity index is 1250. The van der Waals surface area contributed by atoms with E-state index in [2.05, 4.69) is 21.0 Å². The van der Waals surface area contributed by atoms with E-state index in [1.165, 1.54) is 11.8 Å². The third-order valence-electron chi connectivity index (χ3n) is 4.75. The molecule has 2 heterocycles. The van der Waals surface area contributed by atoms with Crippen LogP contribution >= 0.6 is 23.4 Å². The zero-order valence-corrected chi connectivity index (χ0v) is 19.2. The molecular weight excluding hydrogens is 462 g/mol. The maximum Gasteiger partial charge on any atom is 0.269 e. The van der Waals surface area contributed by atoms with Gasteiger partial charge >= 0.3 is 0 Å². The van der Waals surface area contributed by atoms with E-state index in [1.54, 1.807) is 30.5 Å². The number of nitrogens with one attached hydrogen (secondary N) is 2. The van der Waals surface area contributed by atoms with Crippen LogP contribution in [-0.2, 0) is 11.3 Å². The van der Waals surface area contributed by atoms with E-state index < -0.39 is 5.91 Å². The normalized spacial score (nSPS) is 10.7. The zero-order chi connectivity index (χ0) is 23.2. The van der Waals surface area contributed by atoms with E-state index in [9.17, 15) is 9.59 Å². The number of rotatable bonds is 7. The van der Waals surface area contributed by atoms with Gasteiger partial charge in [0.2, 0.25) is 5.91 Å². The van der Waals surface area contributed by atoms with Crippen molar-refractivity contribution in [2.45, 2.75) is 18.6 Å². The maximum atomic E-state index is 12.3. The molecule has 2 amide bonds. The summed E-state index contributed by atoms with van der Waals surface area (Å²) in [6.45, 7) is 2.39. The highest BCUT2D eigenvalue weighted by atomic mass is 35.5. The number of hydrogen-bond acceptors (Lipinski definition) is 6. The topological polar surface area (TPSA) is 102 Å². The van der Waals surface area contributed by atoms with Gasteiger partial charge in [0.05, 0.1) is 24.1 Å². The first-order valence-electron chi connectivity index (χ1n) is 10.0. The first kappa shape index (κ1) is 22.6. The van der Waals surface area contributed by atoms with Crippen LogP contribution in [0, 0.1) is 6.92 Å². The van der Waals surface area contributed by atoms with Crippen molar-refractivity contribution in [2.24, 2.45) is 0 Å². The number of benzene rings is 2. The third-order valence-corrected chi connectivity index (χ3v) is 5.97. The molecule has 33 heavy (non-hydrogen) atoms. The summed E-state index contributed by atoms with van der Waals surface area (Å²) in [5.74, 6) is 0.616. The van der Waals surface area contributed by atoms with E-state index in [1.807, 2.05) is 47.9 Å². The van der Waals surface area contributed by atoms with Crippen LogP contribution in [-0.4, -0.2) is 32.3 Å². The summed E-state index contributed by atoms with van der Waals surface area (Å²) in [5, 5.41) is 9.72. The largest absolute Gasteiger partial charge is 0.469 e. The van der Waals surface area contributed by atoms with Crippen LogP contribution in [0.25, 0.3) is 11.4 Å². The molecular formula is C23H20ClN5O3S. The summed E-state index contributed by atoms with van der Waals surface area (Å²) in [6, 6.07) is 18.1. The molecule has 4 aromatic rings. The van der Waals surface area contributed by atoms with E-state index >= 15 is 0 Å². The molecule has 0 bridgehead atoms. The van der Waals surface area contributed by atoms with Crippen molar-refractivity contribution >= 4 is 35.2 Å². The van der Waals surface area contributed by atoms with Crippen LogP contribution in [0.5, 0.6) is 0 Å². The number of furan rings is 1. The van der Waals surface area contributed by atoms with Gasteiger partial charge in [0.1, 0.15) is 5.76 Å². The predicted molar refractivity (Wildman–Crippen MR) is 126 cm³/mol. The average molecular weight is 482 g/mol. The van der Waals surface area contributed by atoms with Crippen molar-refractivity contribution in [3.05, 3.63) is 88.8 Å². The molecule has 0 radical (unpaired) electrons. The van der Waals surface area contributed by atoms with E-state index in [0.29, 0.717) is 28.1 Å². The van der Waals surface area contributed by atoms with Gasteiger partial charge in [-0.2, -0.15) is 0 Å². The molecule has 0 saturated carbocycles. The standard InChI is InChI=1S/C23H20ClN5O3S/c1-15-19(11-12-32-15)21-26-28-23(29(21)13-16-5-3-2-4-6-16)33-14-20(30)25-27-22(31)17-7-9-18(24)10-8-17/h2-12H,13-14H2,1H3,(H,25,30)(H,27,31). The van der Waals surface area contributed by atoms with Crippen molar-refractivity contribution in [1.29, 1.82) is 0 Å². The Hall–Kier alpha value is -3.56. The lowest BCUT2D eigenvalue weighted by Gasteiger charge is -2.11. The monoisotopic (exact) mass is 481 g/mol. The van der Waals surface area contributed by atoms with Gasteiger partial charge in [-0.05, 0) is 42.8 Å². The summed E-state index contributed by atoms with van der Waals surface area (Å²) in [6.07, 6.45) is 1.61. The molecule has 10 heteroatoms. The second kappa shape index (κ2) is 10.4. The molecule has 0 aliphatic carbocycles. The Kier molecular flexibility index (Phi) is 7.11. The van der Waals surface area contributed by atoms with Gasteiger partial charge in [-0.25, -0.2) is 0 Å². The van der Waals surface area contributed by atoms with Gasteiger partial charge < -0.3 is 4.42 Å². The highest BCUT2D eigenvalue weighted by Crippen LogP contribution is 2.27. The number of amides is 2. The number of carbonyl (C=O) groups excluding carboxylic acids is 2. The lowest BCUT2D eigenvalue weighted by atomic mass is 10.2. The van der Waals surface area contributed by atoms with Gasteiger partial charge in [-0.15, -0.1) is 10.2 Å². The van der Waals surface area contributed by atoms with Crippen LogP contribution in [0.15, 0.2) is 76.5 Å². The number of hydrogen-bond donors (Lipinski definition) is 2. The van der Waals surface area contributed by atoms with Gasteiger partial charge in [0.15, 0.2) is 11.0 Å². The Labute approximate surface area is 199 Å². The third kappa shape index (κ3) is 5.63. The lowest BCUT2D eigenvalue weighted by molar-refractivity contribution is -0.119. The molecule has 0 spiro atoms. The number of hydrazine groups is 1. The molecule has 4 rings (SSSR count). The van der Waals surface area contributed by atoms with E-state index in [-0.39, 0.29) is 11.7 Å². The van der Waals surface area contributed by atoms with Crippen molar-refractivity contribution in [1.82, 2.24) is 25.6 Å². The Morgan fingerprint density at radius 1 is 1.03 bits per heavy atom. The molecule has 8 nitrogen and oxygen atoms in total. The summed E-state index contributed by atoms with van der Waals surface area (Å²) in [7, 11) is 0. The molecule has 0 unspecified atom stereocenters. The molecule has 0 aliphatic rings. The van der Waals surface area contributed by atoms with Crippen LogP contribution < -0.4 is 10.9 Å². The Morgan fingerprint density at radius 2 is 1.79 bits per heavy atom. The molecule has 2 aromatic carbocycles. The van der Waals surface area contributed by atoms with E-state index in [4.69, 9.17) is 16.0 Å². The zero-order valence-electron chi connectivity index (χ0n) is 17.6. The summed E-state index contributed by atoms with van der Waals surface area (Å²) in [4.78, 5) is 24.5. The van der Waals surface area contributed by atoms with Crippen LogP contribution in [0.2, 0.25) is 5.02 Å². The predicted octanol–water partition coefficient (Wildman–Crippen LogP) is 4.10. The van der Waals surface area contributed by atoms with E-state index in [0.717, 1.165) is 16.9 Å². The highest BCUT2D eigenvalue weighted by Gasteiger charge is 2.19. The molecule has 2 N–H and O–H groups in total. The number of nitrogens with zero attached hydrogens (tertiary/aromatic N) is 3. The van der Waals surface area contributed by atoms with Crippen molar-refractivity contribution in [2.75, 3.05) is 5.75 Å². The second-order valence-electron chi connectivity index (χ2n) is 7.07. The average Bonchev–Trinajstić information content (AvgIpc) is 3.42. The van der Waals surface area contributed by atoms with Crippen LogP contribution in [0.3, 0.4) is 0 Å². The van der Waals surface area contributed by atoms with Gasteiger partial charge in [0.25, 0.3) is 5.91 Å². The second-order valence-corrected chi connectivity index (χ2v) is 8.45. The summed E-state index contributed by atoms with van der Waals surface area (Å²) < 4.78 is 7.37. The molecule has 0 fully saturated rings. The number of carbonyl (C=O) groups is 2. The smallest absolute Gasteiger partial charge is 0.269 e. The van der Waals surface area contributed by atoms with Crippen molar-refractivity contribution in [3.63, 3.8) is 0 Å². The molecule has 2 aromatic heterocycles. The fraction of sp³-hybridized carbons (Fsp3) is 0.130. The minimum absolute atomic E-state index is 0.0399. The van der Waals surface area contributed by atoms with Crippen molar-refractivity contribution in [3.8, 4) is 11.4 Å². The minimum Gasteiger partial charge on any atom is -0.469 e. The first-order valence-corrected chi connectivity index (χ1v) is 11.4. The number of halogens is 1. The maximum absolute atomic E-state index is 12.3. The highest BCUT2D eigenvalue weighted by molar-refractivity contribution is 7.99. The van der Waals surface area contributed by atoms with Crippen LogP contribution in [0.1, 0.15) is 21.7 Å². The van der Waals surface area contributed by atoms with Gasteiger partial charge in [-0.1, -0.05) is 53.7 Å². The first-order chi connectivity index (χ1) is 16.0.